The molecule has 0 unspecified atom stereocenters. The topological polar surface area (TPSA) is 52.8 Å². The molecular formula is C21H20N4O. The summed E-state index contributed by atoms with van der Waals surface area (Å²) in [7, 11) is 0. The molecule has 4 aromatic rings. The van der Waals surface area contributed by atoms with E-state index in [1.54, 1.807) is 12.4 Å². The molecule has 0 bridgehead atoms. The minimum Gasteiger partial charge on any atom is -0.473 e. The molecule has 4 rings (SSSR count). The molecule has 3 heterocycles. The van der Waals surface area contributed by atoms with Gasteiger partial charge in [-0.3, -0.25) is 4.98 Å². The van der Waals surface area contributed by atoms with E-state index in [2.05, 4.69) is 43.1 Å². The number of benzene rings is 1. The molecule has 0 atom stereocenters. The summed E-state index contributed by atoms with van der Waals surface area (Å²) in [5, 5.41) is 5.77. The van der Waals surface area contributed by atoms with Crippen LogP contribution in [0.5, 0.6) is 5.88 Å². The molecule has 0 fully saturated rings. The number of hydrogen-bond acceptors (Lipinski definition) is 4. The van der Waals surface area contributed by atoms with E-state index >= 15 is 0 Å². The molecule has 5 heteroatoms. The second-order valence-electron chi connectivity index (χ2n) is 6.45. The standard InChI is InChI=1S/C21H20N4O/c1-14-4-6-18(7-5-14)25-21-20(16(3)24-25)15(2)12-19(23-21)26-13-17-8-10-22-11-9-17/h4-12H,13H2,1-3H3. The van der Waals surface area contributed by atoms with Crippen LogP contribution in [0.1, 0.15) is 22.4 Å². The normalized spacial score (nSPS) is 11.0. The van der Waals surface area contributed by atoms with Gasteiger partial charge in [-0.05, 0) is 56.2 Å². The number of aryl methyl sites for hydroxylation is 3. The maximum absolute atomic E-state index is 5.92. The second-order valence-corrected chi connectivity index (χ2v) is 6.45. The van der Waals surface area contributed by atoms with E-state index in [9.17, 15) is 0 Å². The highest BCUT2D eigenvalue weighted by Crippen LogP contribution is 2.27. The lowest BCUT2D eigenvalue weighted by Crippen LogP contribution is -2.01. The summed E-state index contributed by atoms with van der Waals surface area (Å²) < 4.78 is 7.81. The summed E-state index contributed by atoms with van der Waals surface area (Å²) in [4.78, 5) is 8.76. The molecule has 0 saturated heterocycles. The van der Waals surface area contributed by atoms with Crippen molar-refractivity contribution in [2.75, 3.05) is 0 Å². The van der Waals surface area contributed by atoms with Gasteiger partial charge in [-0.2, -0.15) is 10.1 Å². The van der Waals surface area contributed by atoms with E-state index in [0.717, 1.165) is 33.5 Å². The fourth-order valence-corrected chi connectivity index (χ4v) is 3.05. The van der Waals surface area contributed by atoms with Crippen LogP contribution in [0, 0.1) is 20.8 Å². The number of pyridine rings is 2. The molecule has 0 amide bonds. The van der Waals surface area contributed by atoms with Crippen molar-refractivity contribution in [1.29, 1.82) is 0 Å². The van der Waals surface area contributed by atoms with Crippen LogP contribution in [0.3, 0.4) is 0 Å². The van der Waals surface area contributed by atoms with Gasteiger partial charge in [-0.15, -0.1) is 0 Å². The summed E-state index contributed by atoms with van der Waals surface area (Å²) in [6, 6.07) is 14.1. The third-order valence-corrected chi connectivity index (χ3v) is 4.40. The van der Waals surface area contributed by atoms with Crippen molar-refractivity contribution in [3.63, 3.8) is 0 Å². The highest BCUT2D eigenvalue weighted by molar-refractivity contribution is 5.83. The van der Waals surface area contributed by atoms with Gasteiger partial charge in [0.2, 0.25) is 5.88 Å². The van der Waals surface area contributed by atoms with Crippen LogP contribution in [-0.2, 0) is 6.61 Å². The Morgan fingerprint density at radius 2 is 1.69 bits per heavy atom. The molecule has 0 saturated carbocycles. The van der Waals surface area contributed by atoms with Gasteiger partial charge < -0.3 is 4.74 Å². The van der Waals surface area contributed by atoms with Crippen molar-refractivity contribution >= 4 is 11.0 Å². The number of fused-ring (bicyclic) bond motifs is 1. The summed E-state index contributed by atoms with van der Waals surface area (Å²) in [6.07, 6.45) is 3.52. The molecule has 0 aliphatic carbocycles. The highest BCUT2D eigenvalue weighted by Gasteiger charge is 2.15. The number of ether oxygens (including phenoxy) is 1. The number of nitrogens with zero attached hydrogens (tertiary/aromatic N) is 4. The van der Waals surface area contributed by atoms with Crippen molar-refractivity contribution < 1.29 is 4.74 Å². The molecular weight excluding hydrogens is 324 g/mol. The first-order valence-electron chi connectivity index (χ1n) is 8.57. The molecule has 3 aromatic heterocycles. The summed E-state index contributed by atoms with van der Waals surface area (Å²) in [6.45, 7) is 6.61. The highest BCUT2D eigenvalue weighted by atomic mass is 16.5. The Labute approximate surface area is 152 Å². The van der Waals surface area contributed by atoms with Gasteiger partial charge in [0.15, 0.2) is 5.65 Å². The first-order valence-corrected chi connectivity index (χ1v) is 8.57. The molecule has 0 spiro atoms. The molecule has 1 aromatic carbocycles. The Morgan fingerprint density at radius 1 is 0.962 bits per heavy atom. The smallest absolute Gasteiger partial charge is 0.215 e. The molecule has 0 radical (unpaired) electrons. The Kier molecular flexibility index (Phi) is 4.13. The molecule has 0 aliphatic heterocycles. The Bertz CT molecular complexity index is 1050. The average molecular weight is 344 g/mol. The van der Waals surface area contributed by atoms with Crippen LogP contribution in [-0.4, -0.2) is 19.7 Å². The van der Waals surface area contributed by atoms with E-state index in [1.165, 1.54) is 5.56 Å². The van der Waals surface area contributed by atoms with E-state index in [-0.39, 0.29) is 0 Å². The lowest BCUT2D eigenvalue weighted by molar-refractivity contribution is 0.294. The van der Waals surface area contributed by atoms with Gasteiger partial charge in [-0.1, -0.05) is 17.7 Å². The summed E-state index contributed by atoms with van der Waals surface area (Å²) in [5.74, 6) is 0.597. The lowest BCUT2D eigenvalue weighted by atomic mass is 10.1. The largest absolute Gasteiger partial charge is 0.473 e. The zero-order valence-electron chi connectivity index (χ0n) is 15.1. The number of hydrogen-bond donors (Lipinski definition) is 0. The minimum absolute atomic E-state index is 0.456. The van der Waals surface area contributed by atoms with Crippen molar-refractivity contribution in [1.82, 2.24) is 19.7 Å². The Balaban J connectivity index is 1.75. The zero-order valence-corrected chi connectivity index (χ0v) is 15.1. The third-order valence-electron chi connectivity index (χ3n) is 4.40. The quantitative estimate of drug-likeness (QED) is 0.553. The van der Waals surface area contributed by atoms with Crippen LogP contribution in [0.2, 0.25) is 0 Å². The SMILES string of the molecule is Cc1ccc(-n2nc(C)c3c(C)cc(OCc4ccncc4)nc32)cc1. The zero-order chi connectivity index (χ0) is 18.1. The van der Waals surface area contributed by atoms with Gasteiger partial charge >= 0.3 is 0 Å². The van der Waals surface area contributed by atoms with E-state index < -0.39 is 0 Å². The maximum atomic E-state index is 5.92. The number of rotatable bonds is 4. The average Bonchev–Trinajstić information content (AvgIpc) is 2.98. The van der Waals surface area contributed by atoms with Gasteiger partial charge in [-0.25, -0.2) is 4.68 Å². The predicted octanol–water partition coefficient (Wildman–Crippen LogP) is 4.32. The minimum atomic E-state index is 0.456. The fourth-order valence-electron chi connectivity index (χ4n) is 3.05. The molecule has 26 heavy (non-hydrogen) atoms. The molecule has 0 aliphatic rings. The maximum Gasteiger partial charge on any atom is 0.215 e. The first-order chi connectivity index (χ1) is 12.6. The van der Waals surface area contributed by atoms with Gasteiger partial charge in [0.1, 0.15) is 6.61 Å². The van der Waals surface area contributed by atoms with Gasteiger partial charge in [0.05, 0.1) is 11.4 Å². The van der Waals surface area contributed by atoms with Crippen molar-refractivity contribution in [3.8, 4) is 11.6 Å². The number of aromatic nitrogens is 4. The molecule has 0 N–H and O–H groups in total. The van der Waals surface area contributed by atoms with Crippen LogP contribution in [0.15, 0.2) is 54.9 Å². The second kappa shape index (κ2) is 6.59. The summed E-state index contributed by atoms with van der Waals surface area (Å²) >= 11 is 0. The van der Waals surface area contributed by atoms with Crippen LogP contribution in [0.25, 0.3) is 16.7 Å². The van der Waals surface area contributed by atoms with Crippen molar-refractivity contribution in [3.05, 3.63) is 77.2 Å². The third kappa shape index (κ3) is 3.04. The van der Waals surface area contributed by atoms with Crippen molar-refractivity contribution in [2.24, 2.45) is 0 Å². The monoisotopic (exact) mass is 344 g/mol. The van der Waals surface area contributed by atoms with Gasteiger partial charge in [0.25, 0.3) is 0 Å². The predicted molar refractivity (Wildman–Crippen MR) is 102 cm³/mol. The Hall–Kier alpha value is -3.21. The summed E-state index contributed by atoms with van der Waals surface area (Å²) in [5.41, 5.74) is 6.15. The lowest BCUT2D eigenvalue weighted by Gasteiger charge is -2.08. The molecule has 5 nitrogen and oxygen atoms in total. The van der Waals surface area contributed by atoms with E-state index in [0.29, 0.717) is 12.5 Å². The van der Waals surface area contributed by atoms with Crippen LogP contribution in [0.4, 0.5) is 0 Å². The van der Waals surface area contributed by atoms with E-state index in [1.807, 2.05) is 29.8 Å². The van der Waals surface area contributed by atoms with Crippen molar-refractivity contribution in [2.45, 2.75) is 27.4 Å². The van der Waals surface area contributed by atoms with Gasteiger partial charge in [0, 0.05) is 23.8 Å². The van der Waals surface area contributed by atoms with Crippen LogP contribution >= 0.6 is 0 Å². The fraction of sp³-hybridized carbons (Fsp3) is 0.190. The Morgan fingerprint density at radius 3 is 2.42 bits per heavy atom. The first kappa shape index (κ1) is 16.3. The van der Waals surface area contributed by atoms with E-state index in [4.69, 9.17) is 14.8 Å². The van der Waals surface area contributed by atoms with Crippen LogP contribution < -0.4 is 4.74 Å². The molecule has 130 valence electrons.